The first-order chi connectivity index (χ1) is 20.2. The summed E-state index contributed by atoms with van der Waals surface area (Å²) >= 11 is 5.90. The molecule has 2 aliphatic heterocycles. The molecule has 1 N–H and O–H groups in total. The summed E-state index contributed by atoms with van der Waals surface area (Å²) in [6, 6.07) is 11.6. The summed E-state index contributed by atoms with van der Waals surface area (Å²) in [5.41, 5.74) is 0.0500. The summed E-state index contributed by atoms with van der Waals surface area (Å²) in [5, 5.41) is 14.5. The van der Waals surface area contributed by atoms with Crippen LogP contribution in [0.1, 0.15) is 53.7 Å². The Bertz CT molecular complexity index is 1560. The number of aromatic nitrogens is 2. The molecule has 1 saturated carbocycles. The van der Waals surface area contributed by atoms with Crippen molar-refractivity contribution in [2.75, 3.05) is 29.4 Å². The quantitative estimate of drug-likeness (QED) is 0.298. The van der Waals surface area contributed by atoms with E-state index in [1.165, 1.54) is 24.4 Å². The van der Waals surface area contributed by atoms with Crippen LogP contribution in [-0.2, 0) is 10.2 Å². The van der Waals surface area contributed by atoms with E-state index < -0.39 is 28.4 Å². The number of amides is 2. The van der Waals surface area contributed by atoms with E-state index in [1.54, 1.807) is 4.90 Å². The van der Waals surface area contributed by atoms with Gasteiger partial charge in [-0.1, -0.05) is 29.8 Å². The number of benzene rings is 1. The van der Waals surface area contributed by atoms with Crippen LogP contribution >= 0.6 is 11.6 Å². The van der Waals surface area contributed by atoms with Gasteiger partial charge in [-0.3, -0.25) is 24.7 Å². The van der Waals surface area contributed by atoms with Crippen LogP contribution in [0.3, 0.4) is 0 Å². The number of anilines is 2. The predicted octanol–water partition coefficient (Wildman–Crippen LogP) is 5.07. The highest BCUT2D eigenvalue weighted by molar-refractivity contribution is 6.30. The smallest absolute Gasteiger partial charge is 0.311 e. The lowest BCUT2D eigenvalue weighted by atomic mass is 9.74. The Kier molecular flexibility index (Phi) is 7.25. The maximum Gasteiger partial charge on any atom is 0.311 e. The molecular formula is C29H27ClF2N6O4. The van der Waals surface area contributed by atoms with Crippen molar-refractivity contribution < 1.29 is 23.3 Å². The van der Waals surface area contributed by atoms with E-state index in [2.05, 4.69) is 15.3 Å². The first-order valence-corrected chi connectivity index (χ1v) is 14.1. The second-order valence-electron chi connectivity index (χ2n) is 11.1. The van der Waals surface area contributed by atoms with Gasteiger partial charge in [0.15, 0.2) is 0 Å². The van der Waals surface area contributed by atoms with Gasteiger partial charge in [0.1, 0.15) is 11.1 Å². The first kappa shape index (κ1) is 28.0. The molecule has 4 heterocycles. The molecule has 2 fully saturated rings. The number of rotatable bonds is 7. The highest BCUT2D eigenvalue weighted by atomic mass is 35.5. The molecule has 1 spiro atoms. The molecule has 1 aromatic carbocycles. The summed E-state index contributed by atoms with van der Waals surface area (Å²) in [4.78, 5) is 49.2. The highest BCUT2D eigenvalue weighted by Gasteiger charge is 2.59. The number of alkyl halides is 2. The second kappa shape index (κ2) is 10.9. The number of nitrogens with zero attached hydrogens (tertiary/aromatic N) is 5. The minimum Gasteiger partial charge on any atom is -0.349 e. The molecule has 0 bridgehead atoms. The number of fused-ring (bicyclic) bond motifs is 2. The Morgan fingerprint density at radius 2 is 1.88 bits per heavy atom. The molecule has 3 aromatic rings. The van der Waals surface area contributed by atoms with Crippen molar-refractivity contribution in [1.29, 1.82) is 0 Å². The van der Waals surface area contributed by atoms with Gasteiger partial charge in [-0.05, 0) is 55.4 Å². The zero-order valence-electron chi connectivity index (χ0n) is 22.4. The van der Waals surface area contributed by atoms with Crippen LogP contribution in [0.25, 0.3) is 0 Å². The van der Waals surface area contributed by atoms with Crippen LogP contribution in [0.5, 0.6) is 0 Å². The fourth-order valence-electron chi connectivity index (χ4n) is 6.43. The predicted molar refractivity (Wildman–Crippen MR) is 151 cm³/mol. The summed E-state index contributed by atoms with van der Waals surface area (Å²) in [6.07, 6.45) is 2.46. The van der Waals surface area contributed by atoms with Gasteiger partial charge in [0.2, 0.25) is 11.7 Å². The average molecular weight is 597 g/mol. The lowest BCUT2D eigenvalue weighted by Crippen LogP contribution is -2.64. The van der Waals surface area contributed by atoms with Crippen molar-refractivity contribution in [2.24, 2.45) is 5.92 Å². The Hall–Kier alpha value is -4.19. The Labute approximate surface area is 244 Å². The third-order valence-corrected chi connectivity index (χ3v) is 8.71. The molecule has 0 unspecified atom stereocenters. The molecule has 3 aliphatic rings. The standard InChI is InChI=1S/C29H27ClF2N6O4/c30-18-12-20(24(25(31)32)34-13-18)27(39)35-19-9-7-17(8-10-19)14-37-22-5-2-1-4-21(22)29(28(37)40)15-36(16-29)26-23(38(41)42)6-3-11-33-26/h1-6,11-13,17,19,25H,7-10,14-16H2,(H,35,39)/t17-,19-. The average Bonchev–Trinajstić information content (AvgIpc) is 3.20. The summed E-state index contributed by atoms with van der Waals surface area (Å²) < 4.78 is 26.7. The van der Waals surface area contributed by atoms with E-state index >= 15 is 0 Å². The summed E-state index contributed by atoms with van der Waals surface area (Å²) in [6.45, 7) is 1.11. The van der Waals surface area contributed by atoms with E-state index in [0.29, 0.717) is 32.5 Å². The molecule has 13 heteroatoms. The molecule has 42 heavy (non-hydrogen) atoms. The molecule has 0 atom stereocenters. The summed E-state index contributed by atoms with van der Waals surface area (Å²) in [5.74, 6) is -0.215. The van der Waals surface area contributed by atoms with Crippen molar-refractivity contribution in [1.82, 2.24) is 15.3 Å². The molecule has 10 nitrogen and oxygen atoms in total. The number of hydrogen-bond acceptors (Lipinski definition) is 7. The molecule has 6 rings (SSSR count). The zero-order valence-corrected chi connectivity index (χ0v) is 23.1. The van der Waals surface area contributed by atoms with Gasteiger partial charge in [0.25, 0.3) is 12.3 Å². The molecule has 1 saturated heterocycles. The number of hydrogen-bond donors (Lipinski definition) is 1. The van der Waals surface area contributed by atoms with Gasteiger partial charge in [0.05, 0.1) is 15.5 Å². The lowest BCUT2D eigenvalue weighted by molar-refractivity contribution is -0.384. The van der Waals surface area contributed by atoms with Crippen LogP contribution < -0.4 is 15.1 Å². The Balaban J connectivity index is 1.11. The van der Waals surface area contributed by atoms with Crippen LogP contribution in [-0.4, -0.2) is 52.4 Å². The van der Waals surface area contributed by atoms with Crippen LogP contribution in [0.15, 0.2) is 54.9 Å². The Morgan fingerprint density at radius 3 is 2.60 bits per heavy atom. The second-order valence-corrected chi connectivity index (χ2v) is 11.5. The number of nitrogens with one attached hydrogen (secondary N) is 1. The van der Waals surface area contributed by atoms with Crippen molar-refractivity contribution in [2.45, 2.75) is 43.6 Å². The number of carbonyl (C=O) groups is 2. The van der Waals surface area contributed by atoms with Crippen LogP contribution in [0.4, 0.5) is 26.0 Å². The largest absolute Gasteiger partial charge is 0.349 e. The maximum atomic E-state index is 13.9. The Morgan fingerprint density at radius 1 is 1.14 bits per heavy atom. The van der Waals surface area contributed by atoms with Crippen LogP contribution in [0, 0.1) is 16.0 Å². The normalized spacial score (nSPS) is 20.9. The maximum absolute atomic E-state index is 13.9. The minimum absolute atomic E-state index is 0.0260. The van der Waals surface area contributed by atoms with Crippen molar-refractivity contribution in [3.05, 3.63) is 86.8 Å². The van der Waals surface area contributed by atoms with E-state index in [0.717, 1.165) is 30.3 Å². The number of pyridine rings is 2. The van der Waals surface area contributed by atoms with Crippen molar-refractivity contribution in [3.8, 4) is 0 Å². The third-order valence-electron chi connectivity index (χ3n) is 8.51. The fourth-order valence-corrected chi connectivity index (χ4v) is 6.59. The van der Waals surface area contributed by atoms with Crippen molar-refractivity contribution in [3.63, 3.8) is 0 Å². The SMILES string of the molecule is O=C(N[C@H]1CC[C@H](CN2C(=O)C3(CN(c4ncccc4[N+](=O)[O-])C3)c3ccccc32)CC1)c1cc(Cl)cnc1C(F)F. The van der Waals surface area contributed by atoms with Crippen LogP contribution in [0.2, 0.25) is 5.02 Å². The van der Waals surface area contributed by atoms with E-state index in [9.17, 15) is 28.5 Å². The number of carbonyl (C=O) groups excluding carboxylic acids is 2. The van der Waals surface area contributed by atoms with Gasteiger partial charge >= 0.3 is 5.69 Å². The van der Waals surface area contributed by atoms with Gasteiger partial charge in [-0.15, -0.1) is 0 Å². The third kappa shape index (κ3) is 4.83. The zero-order chi connectivity index (χ0) is 29.6. The van der Waals surface area contributed by atoms with E-state index in [-0.39, 0.29) is 40.0 Å². The molecule has 2 amide bonds. The molecule has 2 aromatic heterocycles. The molecular weight excluding hydrogens is 570 g/mol. The van der Waals surface area contributed by atoms with Crippen molar-refractivity contribution >= 4 is 40.6 Å². The highest BCUT2D eigenvalue weighted by Crippen LogP contribution is 2.49. The topological polar surface area (TPSA) is 122 Å². The van der Waals surface area contributed by atoms with Gasteiger partial charge in [-0.2, -0.15) is 0 Å². The molecule has 218 valence electrons. The lowest BCUT2D eigenvalue weighted by Gasteiger charge is -2.47. The first-order valence-electron chi connectivity index (χ1n) is 13.7. The number of nitro groups is 1. The number of halogens is 3. The van der Waals surface area contributed by atoms with Gasteiger partial charge in [0, 0.05) is 49.8 Å². The van der Waals surface area contributed by atoms with Gasteiger partial charge in [-0.25, -0.2) is 13.8 Å². The monoisotopic (exact) mass is 596 g/mol. The molecule has 0 radical (unpaired) electrons. The fraction of sp³-hybridized carbons (Fsp3) is 0.379. The van der Waals surface area contributed by atoms with E-state index in [4.69, 9.17) is 11.6 Å². The number of para-hydroxylation sites is 1. The molecule has 1 aliphatic carbocycles. The summed E-state index contributed by atoms with van der Waals surface area (Å²) in [7, 11) is 0. The van der Waals surface area contributed by atoms with Gasteiger partial charge < -0.3 is 15.1 Å². The van der Waals surface area contributed by atoms with E-state index in [1.807, 2.05) is 29.2 Å². The minimum atomic E-state index is -2.90.